The number of hydrogen-bond donors (Lipinski definition) is 22. The Labute approximate surface area is 528 Å². The first-order valence-electron chi connectivity index (χ1n) is 30.4. The molecule has 0 aliphatic carbocycles. The Kier molecular flexibility index (Phi) is 24.8. The molecule has 21 heterocycles. The average molecular weight is 1350 g/mol. The van der Waals surface area contributed by atoms with Crippen LogP contribution in [0.1, 0.15) is 16.8 Å². The van der Waals surface area contributed by atoms with E-state index in [1.54, 1.807) is 18.2 Å². The van der Waals surface area contributed by atoms with Gasteiger partial charge in [-0.25, -0.2) is 0 Å². The Hall–Kier alpha value is -3.23. The molecule has 22 N–H and O–H groups in total. The minimum Gasteiger partial charge on any atom is -0.394 e. The van der Waals surface area contributed by atoms with Crippen LogP contribution in [0.2, 0.25) is 0 Å². The summed E-state index contributed by atoms with van der Waals surface area (Å²) in [5.41, 5.74) is 0.402. The molecule has 528 valence electrons. The van der Waals surface area contributed by atoms with Crippen molar-refractivity contribution in [2.45, 2.75) is 221 Å². The Bertz CT molecular complexity index is 2670. The van der Waals surface area contributed by atoms with Crippen LogP contribution in [0.15, 0.2) is 42.5 Å². The number of benzene rings is 2. The number of rotatable bonds is 13. The summed E-state index contributed by atoms with van der Waals surface area (Å²) < 4.78 is 81.6. The number of carbonyl (C=O) groups excluding carboxylic acids is 1. The van der Waals surface area contributed by atoms with Gasteiger partial charge in [0.15, 0.2) is 44.0 Å². The van der Waals surface area contributed by atoms with Gasteiger partial charge in [0, 0.05) is 18.7 Å². The Morgan fingerprint density at radius 3 is 0.849 bits per heavy atom. The maximum Gasteiger partial charge on any atom is 0.251 e. The van der Waals surface area contributed by atoms with Crippen molar-refractivity contribution in [3.8, 4) is 0 Å². The topological polar surface area (TPSA) is 575 Å². The predicted molar refractivity (Wildman–Crippen MR) is 295 cm³/mol. The summed E-state index contributed by atoms with van der Waals surface area (Å²) in [5, 5.41) is 232. The molecule has 37 nitrogen and oxygen atoms in total. The van der Waals surface area contributed by atoms with E-state index < -0.39 is 255 Å². The maximum absolute atomic E-state index is 13.1. The van der Waals surface area contributed by atoms with Gasteiger partial charge < -0.3 is 179 Å². The molecule has 14 bridgehead atoms. The zero-order chi connectivity index (χ0) is 66.9. The van der Waals surface area contributed by atoms with Crippen molar-refractivity contribution in [3.05, 3.63) is 48.0 Å². The van der Waals surface area contributed by atoms with E-state index in [-0.39, 0.29) is 32.0 Å². The fourth-order valence-corrected chi connectivity index (χ4v) is 12.5. The number of carbonyl (C=O) groups is 1. The van der Waals surface area contributed by atoms with Gasteiger partial charge in [-0.05, 0) is 35.9 Å². The first-order valence-corrected chi connectivity index (χ1v) is 30.4. The molecule has 21 aliphatic rings. The Balaban J connectivity index is 0.908. The van der Waals surface area contributed by atoms with Gasteiger partial charge in [0.05, 0.1) is 39.6 Å². The number of fused-ring (bicyclic) bond motifs is 1. The SMILES string of the molecule is O=C(NCCCNC[C@H]1O[C@@H]2O[C@H]3[C@H](O)[C@@H](O)[C@@H](O[C@H]4[C@H](O)[C@@H](O)[C@@H](O[C@H]5[C@H](O)[C@@H](O)[C@@H](O[C@H]6[C@H](O)[C@@H](O)[C@@H](O[C@H]7[C@H](O)[C@@H](O)[C@@H](O[C@H]8[C@H](O)[C@@H](O)[C@@H](O[C@H]1[C@H](O)[C@H]2O)O[C@@H]8CO)O[C@@H]7CO)O[C@@H]6CO)O[C@@H]5CO)O[C@@H]4CO)O[C@@H]3CO)c1ccc2ccccc2c1. The van der Waals surface area contributed by atoms with E-state index in [1.807, 2.05) is 24.3 Å². The molecule has 0 radical (unpaired) electrons. The third-order valence-corrected chi connectivity index (χ3v) is 17.8. The van der Waals surface area contributed by atoms with Crippen molar-refractivity contribution >= 4 is 16.7 Å². The van der Waals surface area contributed by atoms with Crippen molar-refractivity contribution in [1.82, 2.24) is 10.6 Å². The summed E-state index contributed by atoms with van der Waals surface area (Å²) in [5.74, 6) is -0.365. The molecule has 21 saturated heterocycles. The highest BCUT2D eigenvalue weighted by Gasteiger charge is 2.59. The van der Waals surface area contributed by atoms with E-state index >= 15 is 0 Å². The molecule has 93 heavy (non-hydrogen) atoms. The molecule has 23 rings (SSSR count). The highest BCUT2D eigenvalue weighted by molar-refractivity contribution is 5.98. The maximum atomic E-state index is 13.1. The first kappa shape index (κ1) is 72.5. The number of nitrogens with one attached hydrogen (secondary N) is 2. The van der Waals surface area contributed by atoms with Crippen LogP contribution in [0, 0.1) is 0 Å². The lowest BCUT2D eigenvalue weighted by molar-refractivity contribution is -0.396. The van der Waals surface area contributed by atoms with Gasteiger partial charge in [-0.15, -0.1) is 0 Å². The van der Waals surface area contributed by atoms with E-state index in [0.717, 1.165) is 10.8 Å². The van der Waals surface area contributed by atoms with Crippen LogP contribution in [-0.2, 0) is 66.3 Å². The molecular weight excluding hydrogens is 1260 g/mol. The summed E-state index contributed by atoms with van der Waals surface area (Å²) in [6.45, 7) is -6.37. The van der Waals surface area contributed by atoms with E-state index in [2.05, 4.69) is 10.6 Å². The molecule has 21 aliphatic heterocycles. The number of amides is 1. The van der Waals surface area contributed by atoms with Crippen LogP contribution in [0.5, 0.6) is 0 Å². The smallest absolute Gasteiger partial charge is 0.251 e. The van der Waals surface area contributed by atoms with E-state index in [1.165, 1.54) is 0 Å². The average Bonchev–Trinajstić information content (AvgIpc) is 0.810. The first-order chi connectivity index (χ1) is 44.5. The van der Waals surface area contributed by atoms with Gasteiger partial charge >= 0.3 is 0 Å². The van der Waals surface area contributed by atoms with Gasteiger partial charge in [-0.1, -0.05) is 30.3 Å². The largest absolute Gasteiger partial charge is 0.394 e. The van der Waals surface area contributed by atoms with Crippen molar-refractivity contribution in [3.63, 3.8) is 0 Å². The van der Waals surface area contributed by atoms with Crippen molar-refractivity contribution in [2.24, 2.45) is 0 Å². The molecule has 2 aromatic carbocycles. The van der Waals surface area contributed by atoms with Crippen molar-refractivity contribution < 1.29 is 173 Å². The standard InChI is InChI=1S/C56H84N2O35/c59-12-22-43-30(67)37(74)52(82-22)90-45-24(14-61)84-54(39(76)32(45)69)92-47-26(16-63)86-56(41(78)34(47)71)93-48-27(17-64)85-55(40(77)33(48)70)91-46-25(15-62)83-53(38(75)31(46)68)89-44-23(13-60)81-51(36(73)29(44)66)87-42-21(80-50(88-43)35(72)28(42)65)11-57-8-3-9-58-49(79)20-7-6-18-4-1-2-5-19(18)10-20/h1-2,4-7,10,21-48,50-57,59-78H,3,8-9,11-17H2,(H,58,79)/t21-,22-,23-,24-,25-,26-,27-,28-,29-,30-,31-,32-,33-,34-,35-,36-,37-,38-,39-,40-,41-,42-,43-,44-,45-,46-,47-,48-,50-,51-,52-,53-,54-,55-,56-/m1/s1. The van der Waals surface area contributed by atoms with Crippen molar-refractivity contribution in [2.75, 3.05) is 59.3 Å². The predicted octanol–water partition coefficient (Wildman–Crippen LogP) is -12.7. The van der Waals surface area contributed by atoms with Crippen LogP contribution < -0.4 is 10.6 Å². The molecule has 35 atom stereocenters. The lowest BCUT2D eigenvalue weighted by Gasteiger charge is -2.50. The zero-order valence-corrected chi connectivity index (χ0v) is 49.4. The zero-order valence-electron chi connectivity index (χ0n) is 49.4. The number of hydrogen-bond acceptors (Lipinski definition) is 36. The lowest BCUT2D eigenvalue weighted by atomic mass is 9.95. The minimum absolute atomic E-state index is 0.125. The molecule has 21 fully saturated rings. The molecule has 0 unspecified atom stereocenters. The third kappa shape index (κ3) is 15.2. The van der Waals surface area contributed by atoms with Crippen LogP contribution in [0.3, 0.4) is 0 Å². The molecule has 0 saturated carbocycles. The van der Waals surface area contributed by atoms with Gasteiger partial charge in [-0.3, -0.25) is 4.79 Å². The fourth-order valence-electron chi connectivity index (χ4n) is 12.5. The van der Waals surface area contributed by atoms with E-state index in [0.29, 0.717) is 5.56 Å². The van der Waals surface area contributed by atoms with Crippen LogP contribution >= 0.6 is 0 Å². The second-order valence-electron chi connectivity index (χ2n) is 23.8. The van der Waals surface area contributed by atoms with Gasteiger partial charge in [-0.2, -0.15) is 0 Å². The molecule has 0 aromatic heterocycles. The Morgan fingerprint density at radius 2 is 0.570 bits per heavy atom. The minimum atomic E-state index is -2.22. The van der Waals surface area contributed by atoms with Crippen LogP contribution in [0.25, 0.3) is 10.8 Å². The van der Waals surface area contributed by atoms with Crippen molar-refractivity contribution in [1.29, 1.82) is 0 Å². The normalized spacial score (nSPS) is 47.8. The summed E-state index contributed by atoms with van der Waals surface area (Å²) in [7, 11) is 0. The van der Waals surface area contributed by atoms with Crippen LogP contribution in [0.4, 0.5) is 0 Å². The monoisotopic (exact) mass is 1340 g/mol. The summed E-state index contributed by atoms with van der Waals surface area (Å²) in [6.07, 6.45) is -69.9. The fraction of sp³-hybridized carbons (Fsp3) is 0.804. The molecule has 1 amide bonds. The Morgan fingerprint density at radius 1 is 0.312 bits per heavy atom. The molecule has 37 heteroatoms. The third-order valence-electron chi connectivity index (χ3n) is 17.8. The van der Waals surface area contributed by atoms with E-state index in [4.69, 9.17) is 66.3 Å². The second-order valence-corrected chi connectivity index (χ2v) is 23.8. The van der Waals surface area contributed by atoms with Gasteiger partial charge in [0.2, 0.25) is 0 Å². The van der Waals surface area contributed by atoms with Crippen LogP contribution in [-0.4, -0.2) is 382 Å². The quantitative estimate of drug-likeness (QED) is 0.0828. The molecular formula is C56H84N2O35. The highest BCUT2D eigenvalue weighted by atomic mass is 16.8. The molecule has 0 spiro atoms. The summed E-state index contributed by atoms with van der Waals surface area (Å²) in [6, 6.07) is 12.7. The number of ether oxygens (including phenoxy) is 14. The van der Waals surface area contributed by atoms with Gasteiger partial charge in [0.1, 0.15) is 171 Å². The lowest BCUT2D eigenvalue weighted by Crippen LogP contribution is -2.68. The van der Waals surface area contributed by atoms with E-state index in [9.17, 15) is 107 Å². The summed E-state index contributed by atoms with van der Waals surface area (Å²) in [4.78, 5) is 13.1. The number of aliphatic hydroxyl groups excluding tert-OH is 20. The number of aliphatic hydroxyl groups is 20. The van der Waals surface area contributed by atoms with Gasteiger partial charge in [0.25, 0.3) is 5.91 Å². The molecule has 2 aromatic rings. The second kappa shape index (κ2) is 31.7. The summed E-state index contributed by atoms with van der Waals surface area (Å²) >= 11 is 0. The highest BCUT2D eigenvalue weighted by Crippen LogP contribution is 2.39.